The maximum atomic E-state index is 12.7. The van der Waals surface area contributed by atoms with Crippen molar-refractivity contribution in [2.45, 2.75) is 44.4 Å². The van der Waals surface area contributed by atoms with Crippen LogP contribution in [0.5, 0.6) is 0 Å². The van der Waals surface area contributed by atoms with Crippen LogP contribution in [0.3, 0.4) is 0 Å². The molecule has 0 unspecified atom stereocenters. The molecule has 0 bridgehead atoms. The van der Waals surface area contributed by atoms with E-state index in [9.17, 15) is 9.59 Å². The Balaban J connectivity index is 1.16. The summed E-state index contributed by atoms with van der Waals surface area (Å²) in [6.45, 7) is 1.40. The molecule has 2 aromatic carbocycles. The number of fused-ring (bicyclic) bond motifs is 1. The smallest absolute Gasteiger partial charge is 0.275 e. The first-order valence-electron chi connectivity index (χ1n) is 11.5. The van der Waals surface area contributed by atoms with Crippen molar-refractivity contribution in [3.8, 4) is 0 Å². The van der Waals surface area contributed by atoms with Crippen LogP contribution in [0, 0.1) is 0 Å². The number of anilines is 1. The van der Waals surface area contributed by atoms with E-state index in [1.54, 1.807) is 0 Å². The van der Waals surface area contributed by atoms with Crippen LogP contribution in [0.15, 0.2) is 47.8 Å². The Morgan fingerprint density at radius 1 is 1.09 bits per heavy atom. The summed E-state index contributed by atoms with van der Waals surface area (Å²) in [5.74, 6) is 0.221. The van der Waals surface area contributed by atoms with E-state index in [1.807, 2.05) is 40.6 Å². The van der Waals surface area contributed by atoms with Crippen molar-refractivity contribution < 1.29 is 9.59 Å². The quantitative estimate of drug-likeness (QED) is 0.526. The molecule has 1 aliphatic heterocycles. The highest BCUT2D eigenvalue weighted by molar-refractivity contribution is 7.10. The van der Waals surface area contributed by atoms with Crippen molar-refractivity contribution in [3.63, 3.8) is 0 Å². The molecule has 3 aromatic rings. The Bertz CT molecular complexity index is 1180. The van der Waals surface area contributed by atoms with E-state index in [1.165, 1.54) is 28.9 Å². The fourth-order valence-corrected chi connectivity index (χ4v) is 5.89. The molecule has 170 valence electrons. The zero-order valence-electron chi connectivity index (χ0n) is 18.4. The zero-order chi connectivity index (χ0) is 22.8. The third-order valence-electron chi connectivity index (χ3n) is 6.61. The summed E-state index contributed by atoms with van der Waals surface area (Å²) >= 11 is 7.74. The van der Waals surface area contributed by atoms with Crippen LogP contribution < -0.4 is 5.32 Å². The SMILES string of the molecule is O=C(Nc1ccc2c(c1)CCC2)c1csc(C2CCN(C(=O)Cc3ccccc3Cl)CC2)n1. The molecule has 2 amide bonds. The van der Waals surface area contributed by atoms with E-state index in [0.717, 1.165) is 41.9 Å². The molecule has 5 rings (SSSR count). The van der Waals surface area contributed by atoms with Crippen LogP contribution in [-0.2, 0) is 24.1 Å². The van der Waals surface area contributed by atoms with E-state index < -0.39 is 0 Å². The third-order valence-corrected chi connectivity index (χ3v) is 7.98. The number of carbonyl (C=O) groups excluding carboxylic acids is 2. The Labute approximate surface area is 202 Å². The maximum Gasteiger partial charge on any atom is 0.275 e. The number of amides is 2. The van der Waals surface area contributed by atoms with Crippen LogP contribution in [0.1, 0.15) is 57.4 Å². The van der Waals surface area contributed by atoms with Gasteiger partial charge in [0.15, 0.2) is 0 Å². The number of thiazole rings is 1. The second kappa shape index (κ2) is 9.65. The molecule has 5 nitrogen and oxygen atoms in total. The second-order valence-electron chi connectivity index (χ2n) is 8.79. The van der Waals surface area contributed by atoms with Crippen molar-refractivity contribution in [2.24, 2.45) is 0 Å². The van der Waals surface area contributed by atoms with Gasteiger partial charge >= 0.3 is 0 Å². The van der Waals surface area contributed by atoms with Gasteiger partial charge in [0, 0.05) is 35.1 Å². The van der Waals surface area contributed by atoms with Gasteiger partial charge in [0.25, 0.3) is 5.91 Å². The summed E-state index contributed by atoms with van der Waals surface area (Å²) in [5, 5.41) is 6.45. The highest BCUT2D eigenvalue weighted by atomic mass is 35.5. The average molecular weight is 480 g/mol. The van der Waals surface area contributed by atoms with Gasteiger partial charge in [-0.15, -0.1) is 11.3 Å². The highest BCUT2D eigenvalue weighted by Crippen LogP contribution is 2.31. The fourth-order valence-electron chi connectivity index (χ4n) is 4.72. The van der Waals surface area contributed by atoms with Crippen LogP contribution >= 0.6 is 22.9 Å². The molecule has 0 saturated carbocycles. The maximum absolute atomic E-state index is 12.7. The number of benzene rings is 2. The molecule has 0 radical (unpaired) electrons. The summed E-state index contributed by atoms with van der Waals surface area (Å²) in [6, 6.07) is 13.7. The first kappa shape index (κ1) is 22.1. The van der Waals surface area contributed by atoms with Crippen molar-refractivity contribution in [1.82, 2.24) is 9.88 Å². The molecule has 0 atom stereocenters. The van der Waals surface area contributed by atoms with Gasteiger partial charge in [-0.05, 0) is 67.0 Å². The fraction of sp³-hybridized carbons (Fsp3) is 0.346. The number of aryl methyl sites for hydroxylation is 2. The number of piperidine rings is 1. The molecule has 2 heterocycles. The molecule has 2 aliphatic rings. The minimum atomic E-state index is -0.164. The lowest BCUT2D eigenvalue weighted by molar-refractivity contribution is -0.131. The van der Waals surface area contributed by atoms with Crippen molar-refractivity contribution in [3.05, 3.63) is 80.3 Å². The number of rotatable bonds is 5. The topological polar surface area (TPSA) is 62.3 Å². The number of aromatic nitrogens is 1. The molecule has 1 N–H and O–H groups in total. The Morgan fingerprint density at radius 3 is 2.70 bits per heavy atom. The van der Waals surface area contributed by atoms with Gasteiger partial charge in [-0.3, -0.25) is 9.59 Å². The average Bonchev–Trinajstić information content (AvgIpc) is 3.50. The first-order chi connectivity index (χ1) is 16.1. The van der Waals surface area contributed by atoms with Crippen molar-refractivity contribution in [2.75, 3.05) is 18.4 Å². The Kier molecular flexibility index (Phi) is 6.47. The number of nitrogens with zero attached hydrogens (tertiary/aromatic N) is 2. The molecule has 7 heteroatoms. The lowest BCUT2D eigenvalue weighted by atomic mass is 9.97. The Hall–Kier alpha value is -2.70. The second-order valence-corrected chi connectivity index (χ2v) is 10.1. The van der Waals surface area contributed by atoms with E-state index >= 15 is 0 Å². The molecule has 1 aromatic heterocycles. The monoisotopic (exact) mass is 479 g/mol. The Morgan fingerprint density at radius 2 is 1.88 bits per heavy atom. The summed E-state index contributed by atoms with van der Waals surface area (Å²) in [5.41, 5.74) is 4.89. The standard InChI is InChI=1S/C26H26ClN3O2S/c27-22-7-2-1-4-20(22)15-24(31)30-12-10-18(11-13-30)26-29-23(16-33-26)25(32)28-21-9-8-17-5-3-6-19(17)14-21/h1-2,4,7-9,14,16,18H,3,5-6,10-13,15H2,(H,28,32). The number of hydrogen-bond acceptors (Lipinski definition) is 4. The van der Waals surface area contributed by atoms with Crippen LogP contribution in [-0.4, -0.2) is 34.8 Å². The predicted octanol–water partition coefficient (Wildman–Crippen LogP) is 5.49. The predicted molar refractivity (Wildman–Crippen MR) is 132 cm³/mol. The van der Waals surface area contributed by atoms with Gasteiger partial charge in [0.1, 0.15) is 5.69 Å². The molecule has 1 saturated heterocycles. The number of halogens is 1. The van der Waals surface area contributed by atoms with Gasteiger partial charge in [-0.2, -0.15) is 0 Å². The molecule has 0 spiro atoms. The van der Waals surface area contributed by atoms with Crippen LogP contribution in [0.2, 0.25) is 5.02 Å². The normalized spacial score (nSPS) is 16.0. The molecule has 1 fully saturated rings. The van der Waals surface area contributed by atoms with Crippen LogP contribution in [0.25, 0.3) is 0 Å². The lowest BCUT2D eigenvalue weighted by Crippen LogP contribution is -2.38. The lowest BCUT2D eigenvalue weighted by Gasteiger charge is -2.31. The highest BCUT2D eigenvalue weighted by Gasteiger charge is 2.26. The van der Waals surface area contributed by atoms with Crippen molar-refractivity contribution >= 4 is 40.4 Å². The molecule has 33 heavy (non-hydrogen) atoms. The number of nitrogens with one attached hydrogen (secondary N) is 1. The molecular weight excluding hydrogens is 454 g/mol. The van der Waals surface area contributed by atoms with E-state index in [4.69, 9.17) is 11.6 Å². The minimum absolute atomic E-state index is 0.107. The number of likely N-dealkylation sites (tertiary alicyclic amines) is 1. The summed E-state index contributed by atoms with van der Waals surface area (Å²) in [6.07, 6.45) is 5.44. The molecule has 1 aliphatic carbocycles. The van der Waals surface area contributed by atoms with Crippen molar-refractivity contribution in [1.29, 1.82) is 0 Å². The van der Waals surface area contributed by atoms with Gasteiger partial charge in [0.2, 0.25) is 5.91 Å². The van der Waals surface area contributed by atoms with Gasteiger partial charge in [-0.25, -0.2) is 4.98 Å². The van der Waals surface area contributed by atoms with Gasteiger partial charge < -0.3 is 10.2 Å². The summed E-state index contributed by atoms with van der Waals surface area (Å²) in [4.78, 5) is 32.0. The summed E-state index contributed by atoms with van der Waals surface area (Å²) in [7, 11) is 0. The van der Waals surface area contributed by atoms with Gasteiger partial charge in [0.05, 0.1) is 11.4 Å². The van der Waals surface area contributed by atoms with Crippen LogP contribution in [0.4, 0.5) is 5.69 Å². The number of hydrogen-bond donors (Lipinski definition) is 1. The largest absolute Gasteiger partial charge is 0.342 e. The molecular formula is C26H26ClN3O2S. The zero-order valence-corrected chi connectivity index (χ0v) is 19.9. The number of carbonyl (C=O) groups is 2. The third kappa shape index (κ3) is 4.97. The minimum Gasteiger partial charge on any atom is -0.342 e. The van der Waals surface area contributed by atoms with Gasteiger partial charge in [-0.1, -0.05) is 35.9 Å². The summed E-state index contributed by atoms with van der Waals surface area (Å²) < 4.78 is 0. The van der Waals surface area contributed by atoms with E-state index in [-0.39, 0.29) is 17.7 Å². The first-order valence-corrected chi connectivity index (χ1v) is 12.7. The van der Waals surface area contributed by atoms with E-state index in [0.29, 0.717) is 30.2 Å². The van der Waals surface area contributed by atoms with E-state index in [2.05, 4.69) is 22.4 Å².